The minimum atomic E-state index is -0.712. The number of pyridine rings is 1. The number of hydrogen-bond acceptors (Lipinski definition) is 7. The lowest BCUT2D eigenvalue weighted by atomic mass is 10.1. The fourth-order valence-corrected chi connectivity index (χ4v) is 3.89. The van der Waals surface area contributed by atoms with Crippen molar-refractivity contribution in [3.05, 3.63) is 68.3 Å². The number of thiophene rings is 1. The number of aromatic nitrogens is 2. The molecule has 3 heterocycles. The molecular formula is C22H22ClN3O5S. The molecule has 0 aliphatic carbocycles. The Balaban J connectivity index is 1.81. The van der Waals surface area contributed by atoms with E-state index in [9.17, 15) is 14.4 Å². The number of esters is 2. The van der Waals surface area contributed by atoms with E-state index in [1.165, 1.54) is 18.3 Å². The minimum absolute atomic E-state index is 0.169. The number of nitrogens with one attached hydrogen (secondary N) is 1. The van der Waals surface area contributed by atoms with Crippen LogP contribution < -0.4 is 5.32 Å². The molecule has 0 saturated heterocycles. The molecule has 32 heavy (non-hydrogen) atoms. The minimum Gasteiger partial charge on any atom is -0.462 e. The molecule has 0 fully saturated rings. The molecule has 1 N–H and O–H groups in total. The van der Waals surface area contributed by atoms with Crippen LogP contribution in [0.15, 0.2) is 35.8 Å². The van der Waals surface area contributed by atoms with E-state index in [0.29, 0.717) is 17.9 Å². The van der Waals surface area contributed by atoms with Crippen molar-refractivity contribution in [3.8, 4) is 0 Å². The Morgan fingerprint density at radius 2 is 1.94 bits per heavy atom. The van der Waals surface area contributed by atoms with Crippen LogP contribution in [0.25, 0.3) is 0 Å². The van der Waals surface area contributed by atoms with Crippen LogP contribution in [-0.4, -0.2) is 40.6 Å². The fraction of sp³-hybridized carbons (Fsp3) is 0.273. The van der Waals surface area contributed by atoms with Crippen molar-refractivity contribution in [3.63, 3.8) is 0 Å². The van der Waals surface area contributed by atoms with E-state index >= 15 is 0 Å². The van der Waals surface area contributed by atoms with Crippen molar-refractivity contribution >= 4 is 46.6 Å². The van der Waals surface area contributed by atoms with E-state index in [0.717, 1.165) is 10.6 Å². The van der Waals surface area contributed by atoms with Crippen molar-refractivity contribution in [2.45, 2.75) is 27.3 Å². The summed E-state index contributed by atoms with van der Waals surface area (Å²) in [4.78, 5) is 42.3. The highest BCUT2D eigenvalue weighted by atomic mass is 35.5. The van der Waals surface area contributed by atoms with Gasteiger partial charge in [-0.3, -0.25) is 4.79 Å². The number of amides is 1. The van der Waals surface area contributed by atoms with Crippen LogP contribution in [0.4, 0.5) is 5.82 Å². The zero-order valence-corrected chi connectivity index (χ0v) is 19.4. The van der Waals surface area contributed by atoms with Gasteiger partial charge in [0.1, 0.15) is 16.5 Å². The van der Waals surface area contributed by atoms with Crippen LogP contribution >= 0.6 is 22.9 Å². The van der Waals surface area contributed by atoms with Gasteiger partial charge in [0.25, 0.3) is 5.91 Å². The summed E-state index contributed by atoms with van der Waals surface area (Å²) in [6.07, 6.45) is 1.26. The Hall–Kier alpha value is -3.17. The second-order valence-corrected chi connectivity index (χ2v) is 8.23. The highest BCUT2D eigenvalue weighted by Crippen LogP contribution is 2.29. The van der Waals surface area contributed by atoms with Gasteiger partial charge in [-0.05, 0) is 49.9 Å². The SMILES string of the molecule is CCOC(=O)c1c(C)c(C)n(Cc2cccs2)c1NC(=O)COC(=O)c1ccc(Cl)nc1. The maximum Gasteiger partial charge on any atom is 0.342 e. The van der Waals surface area contributed by atoms with Crippen LogP contribution in [-0.2, 0) is 20.8 Å². The maximum atomic E-state index is 12.6. The lowest BCUT2D eigenvalue weighted by Gasteiger charge is -2.13. The van der Waals surface area contributed by atoms with Crippen molar-refractivity contribution in [1.29, 1.82) is 0 Å². The summed E-state index contributed by atoms with van der Waals surface area (Å²) in [6.45, 7) is 5.52. The Kier molecular flexibility index (Phi) is 7.66. The highest BCUT2D eigenvalue weighted by Gasteiger charge is 2.26. The molecule has 0 aromatic carbocycles. The quantitative estimate of drug-likeness (QED) is 0.386. The number of rotatable bonds is 8. The first kappa shape index (κ1) is 23.5. The summed E-state index contributed by atoms with van der Waals surface area (Å²) in [5, 5.41) is 4.92. The summed E-state index contributed by atoms with van der Waals surface area (Å²) in [6, 6.07) is 6.80. The van der Waals surface area contributed by atoms with Gasteiger partial charge in [0.2, 0.25) is 0 Å². The number of halogens is 1. The van der Waals surface area contributed by atoms with E-state index in [1.54, 1.807) is 25.2 Å². The molecule has 10 heteroatoms. The molecule has 3 rings (SSSR count). The topological polar surface area (TPSA) is 99.5 Å². The normalized spacial score (nSPS) is 10.6. The van der Waals surface area contributed by atoms with Crippen LogP contribution in [0.3, 0.4) is 0 Å². The summed E-state index contributed by atoms with van der Waals surface area (Å²) in [5.41, 5.74) is 1.98. The lowest BCUT2D eigenvalue weighted by molar-refractivity contribution is -0.119. The van der Waals surface area contributed by atoms with Gasteiger partial charge in [-0.25, -0.2) is 14.6 Å². The third-order valence-corrected chi connectivity index (χ3v) is 5.84. The number of nitrogens with zero attached hydrogens (tertiary/aromatic N) is 2. The molecular weight excluding hydrogens is 454 g/mol. The van der Waals surface area contributed by atoms with Gasteiger partial charge in [0.15, 0.2) is 6.61 Å². The molecule has 0 aliphatic rings. The van der Waals surface area contributed by atoms with Gasteiger partial charge in [-0.1, -0.05) is 17.7 Å². The second-order valence-electron chi connectivity index (χ2n) is 6.81. The Morgan fingerprint density at radius 3 is 2.56 bits per heavy atom. The van der Waals surface area contributed by atoms with E-state index in [4.69, 9.17) is 21.1 Å². The van der Waals surface area contributed by atoms with Gasteiger partial charge >= 0.3 is 11.9 Å². The smallest absolute Gasteiger partial charge is 0.342 e. The third-order valence-electron chi connectivity index (χ3n) is 4.76. The largest absolute Gasteiger partial charge is 0.462 e. The number of ether oxygens (including phenoxy) is 2. The zero-order valence-electron chi connectivity index (χ0n) is 17.8. The van der Waals surface area contributed by atoms with Crippen LogP contribution in [0.1, 0.15) is 43.8 Å². The summed E-state index contributed by atoms with van der Waals surface area (Å²) >= 11 is 7.28. The molecule has 0 radical (unpaired) electrons. The predicted octanol–water partition coefficient (Wildman–Crippen LogP) is 4.24. The number of anilines is 1. The van der Waals surface area contributed by atoms with E-state index in [-0.39, 0.29) is 22.9 Å². The number of carbonyl (C=O) groups excluding carboxylic acids is 3. The zero-order chi connectivity index (χ0) is 23.3. The summed E-state index contributed by atoms with van der Waals surface area (Å²) in [7, 11) is 0. The van der Waals surface area contributed by atoms with Crippen molar-refractivity contribution in [2.75, 3.05) is 18.5 Å². The molecule has 0 spiro atoms. The fourth-order valence-electron chi connectivity index (χ4n) is 3.08. The molecule has 0 bridgehead atoms. The summed E-state index contributed by atoms with van der Waals surface area (Å²) < 4.78 is 12.1. The van der Waals surface area contributed by atoms with Gasteiger partial charge in [0.05, 0.1) is 18.7 Å². The number of hydrogen-bond donors (Lipinski definition) is 1. The van der Waals surface area contributed by atoms with E-state index in [2.05, 4.69) is 10.3 Å². The molecule has 1 amide bonds. The maximum absolute atomic E-state index is 12.6. The molecule has 3 aromatic rings. The number of carbonyl (C=O) groups is 3. The second kappa shape index (κ2) is 10.4. The third kappa shape index (κ3) is 5.35. The average molecular weight is 476 g/mol. The van der Waals surface area contributed by atoms with Gasteiger partial charge in [-0.2, -0.15) is 0 Å². The van der Waals surface area contributed by atoms with Crippen molar-refractivity contribution in [2.24, 2.45) is 0 Å². The monoisotopic (exact) mass is 475 g/mol. The first-order valence-electron chi connectivity index (χ1n) is 9.79. The average Bonchev–Trinajstić information content (AvgIpc) is 3.36. The van der Waals surface area contributed by atoms with Gasteiger partial charge < -0.3 is 19.4 Å². The Labute approximate surface area is 194 Å². The molecule has 8 nitrogen and oxygen atoms in total. The molecule has 0 saturated carbocycles. The lowest BCUT2D eigenvalue weighted by Crippen LogP contribution is -2.24. The van der Waals surface area contributed by atoms with Gasteiger partial charge in [0, 0.05) is 16.8 Å². The first-order valence-corrected chi connectivity index (χ1v) is 11.0. The van der Waals surface area contributed by atoms with Crippen LogP contribution in [0.5, 0.6) is 0 Å². The van der Waals surface area contributed by atoms with Crippen LogP contribution in [0, 0.1) is 13.8 Å². The first-order chi connectivity index (χ1) is 15.3. The summed E-state index contributed by atoms with van der Waals surface area (Å²) in [5.74, 6) is -1.52. The van der Waals surface area contributed by atoms with Crippen LogP contribution in [0.2, 0.25) is 5.15 Å². The van der Waals surface area contributed by atoms with Crippen molar-refractivity contribution < 1.29 is 23.9 Å². The standard InChI is InChI=1S/C22H22ClN3O5S/c1-4-30-22(29)19-13(2)14(3)26(11-16-6-5-9-32-16)20(19)25-18(27)12-31-21(28)15-7-8-17(23)24-10-15/h5-10H,4,11-12H2,1-3H3,(H,25,27). The molecule has 168 valence electrons. The molecule has 0 atom stereocenters. The van der Waals surface area contributed by atoms with E-state index in [1.807, 2.05) is 29.0 Å². The molecule has 3 aromatic heterocycles. The molecule has 0 aliphatic heterocycles. The Morgan fingerprint density at radius 1 is 1.16 bits per heavy atom. The predicted molar refractivity (Wildman–Crippen MR) is 121 cm³/mol. The molecule has 0 unspecified atom stereocenters. The van der Waals surface area contributed by atoms with E-state index < -0.39 is 24.5 Å². The highest BCUT2D eigenvalue weighted by molar-refractivity contribution is 7.09. The Bertz CT molecular complexity index is 1120. The van der Waals surface area contributed by atoms with Crippen molar-refractivity contribution in [1.82, 2.24) is 9.55 Å². The van der Waals surface area contributed by atoms with Gasteiger partial charge in [-0.15, -0.1) is 11.3 Å².